The molecule has 32 heavy (non-hydrogen) atoms. The van der Waals surface area contributed by atoms with Gasteiger partial charge in [0.1, 0.15) is 5.75 Å². The summed E-state index contributed by atoms with van der Waals surface area (Å²) in [6.45, 7) is 5.95. The smallest absolute Gasteiger partial charge is 0.344 e. The van der Waals surface area contributed by atoms with E-state index >= 15 is 0 Å². The minimum atomic E-state index is -0.932. The number of nitro groups is 2. The predicted molar refractivity (Wildman–Crippen MR) is 120 cm³/mol. The number of ether oxygens (including phenoxy) is 1. The number of hydrazone groups is 1. The highest BCUT2D eigenvalue weighted by molar-refractivity contribution is 5.93. The van der Waals surface area contributed by atoms with Crippen LogP contribution in [0.5, 0.6) is 5.75 Å². The summed E-state index contributed by atoms with van der Waals surface area (Å²) in [5, 5.41) is 28.6. The Hall–Kier alpha value is -3.82. The van der Waals surface area contributed by atoms with Crippen LogP contribution in [-0.2, 0) is 0 Å². The van der Waals surface area contributed by atoms with Gasteiger partial charge in [-0.05, 0) is 30.5 Å². The van der Waals surface area contributed by atoms with Gasteiger partial charge in [0.05, 0.1) is 27.7 Å². The van der Waals surface area contributed by atoms with Crippen LogP contribution in [0.2, 0.25) is 0 Å². The fourth-order valence-corrected chi connectivity index (χ4v) is 2.80. The number of hydrogen-bond donors (Lipinski definition) is 0. The van der Waals surface area contributed by atoms with E-state index in [0.717, 1.165) is 57.0 Å². The van der Waals surface area contributed by atoms with Gasteiger partial charge in [-0.2, -0.15) is 5.10 Å². The molecule has 0 saturated carbocycles. The zero-order valence-corrected chi connectivity index (χ0v) is 18.1. The van der Waals surface area contributed by atoms with Crippen molar-refractivity contribution in [2.75, 3.05) is 13.1 Å². The van der Waals surface area contributed by atoms with E-state index in [-0.39, 0.29) is 11.3 Å². The van der Waals surface area contributed by atoms with Gasteiger partial charge >= 0.3 is 5.97 Å². The van der Waals surface area contributed by atoms with Crippen LogP contribution in [0.1, 0.15) is 55.5 Å². The van der Waals surface area contributed by atoms with Gasteiger partial charge in [0.2, 0.25) is 0 Å². The summed E-state index contributed by atoms with van der Waals surface area (Å²) in [7, 11) is 0. The van der Waals surface area contributed by atoms with Crippen LogP contribution in [0.25, 0.3) is 0 Å². The molecule has 0 spiro atoms. The topological polar surface area (TPSA) is 128 Å². The highest BCUT2D eigenvalue weighted by atomic mass is 16.6. The molecule has 10 heteroatoms. The van der Waals surface area contributed by atoms with Crippen molar-refractivity contribution >= 4 is 23.6 Å². The number of nitro benzene ring substituents is 2. The lowest BCUT2D eigenvalue weighted by Gasteiger charge is -2.18. The van der Waals surface area contributed by atoms with E-state index in [1.165, 1.54) is 0 Å². The quantitative estimate of drug-likeness (QED) is 0.149. The molecule has 0 aliphatic carbocycles. The monoisotopic (exact) mass is 442 g/mol. The number of unbranched alkanes of at least 4 members (excludes halogenated alkanes) is 2. The fraction of sp³-hybridized carbons (Fsp3) is 0.364. The molecule has 0 N–H and O–H groups in total. The molecule has 10 nitrogen and oxygen atoms in total. The van der Waals surface area contributed by atoms with E-state index in [2.05, 4.69) is 18.9 Å². The molecule has 0 aliphatic rings. The molecule has 0 fully saturated rings. The summed E-state index contributed by atoms with van der Waals surface area (Å²) < 4.78 is 5.29. The van der Waals surface area contributed by atoms with E-state index in [4.69, 9.17) is 4.74 Å². The summed E-state index contributed by atoms with van der Waals surface area (Å²) in [6.07, 6.45) is 5.89. The largest absolute Gasteiger partial charge is 0.423 e. The zero-order chi connectivity index (χ0) is 23.5. The van der Waals surface area contributed by atoms with Crippen LogP contribution in [0.15, 0.2) is 47.6 Å². The van der Waals surface area contributed by atoms with Crippen LogP contribution in [0.3, 0.4) is 0 Å². The van der Waals surface area contributed by atoms with Gasteiger partial charge in [0.25, 0.3) is 11.4 Å². The SMILES string of the molecule is CCCCN(CCCC)N=Cc1cccc(OC(=O)c2cc([N+](=O)[O-])cc([N+](=O)[O-])c2)c1. The van der Waals surface area contributed by atoms with Gasteiger partial charge in [-0.3, -0.25) is 25.2 Å². The Balaban J connectivity index is 2.17. The maximum Gasteiger partial charge on any atom is 0.344 e. The van der Waals surface area contributed by atoms with Crippen molar-refractivity contribution in [1.82, 2.24) is 5.01 Å². The number of nitrogens with zero attached hydrogens (tertiary/aromatic N) is 4. The van der Waals surface area contributed by atoms with Crippen molar-refractivity contribution in [3.63, 3.8) is 0 Å². The van der Waals surface area contributed by atoms with Crippen LogP contribution in [0.4, 0.5) is 11.4 Å². The Kier molecular flexibility index (Phi) is 9.27. The molecular formula is C22H26N4O6. The zero-order valence-electron chi connectivity index (χ0n) is 18.1. The minimum Gasteiger partial charge on any atom is -0.423 e. The summed E-state index contributed by atoms with van der Waals surface area (Å²) in [4.78, 5) is 32.9. The van der Waals surface area contributed by atoms with E-state index < -0.39 is 27.2 Å². The first-order chi connectivity index (χ1) is 15.3. The average molecular weight is 442 g/mol. The molecular weight excluding hydrogens is 416 g/mol. The summed E-state index contributed by atoms with van der Waals surface area (Å²) in [6, 6.07) is 9.31. The van der Waals surface area contributed by atoms with E-state index in [0.29, 0.717) is 5.56 Å². The molecule has 0 aliphatic heterocycles. The van der Waals surface area contributed by atoms with Crippen molar-refractivity contribution in [2.24, 2.45) is 5.10 Å². The third-order valence-electron chi connectivity index (χ3n) is 4.54. The van der Waals surface area contributed by atoms with Gasteiger partial charge in [-0.15, -0.1) is 0 Å². The first-order valence-corrected chi connectivity index (χ1v) is 10.4. The van der Waals surface area contributed by atoms with Crippen molar-refractivity contribution < 1.29 is 19.4 Å². The van der Waals surface area contributed by atoms with Crippen molar-refractivity contribution in [1.29, 1.82) is 0 Å². The Bertz CT molecular complexity index is 952. The molecule has 2 aromatic carbocycles. The number of rotatable bonds is 12. The van der Waals surface area contributed by atoms with Crippen molar-refractivity contribution in [2.45, 2.75) is 39.5 Å². The molecule has 0 saturated heterocycles. The maximum atomic E-state index is 12.5. The van der Waals surface area contributed by atoms with Crippen molar-refractivity contribution in [3.05, 3.63) is 73.8 Å². The van der Waals surface area contributed by atoms with Gasteiger partial charge in [0, 0.05) is 25.2 Å². The Morgan fingerprint density at radius 3 is 2.12 bits per heavy atom. The van der Waals surface area contributed by atoms with Crippen LogP contribution in [0, 0.1) is 20.2 Å². The second kappa shape index (κ2) is 12.1. The van der Waals surface area contributed by atoms with Crippen LogP contribution in [-0.4, -0.2) is 40.1 Å². The first-order valence-electron chi connectivity index (χ1n) is 10.4. The fourth-order valence-electron chi connectivity index (χ4n) is 2.80. The highest BCUT2D eigenvalue weighted by Crippen LogP contribution is 2.24. The van der Waals surface area contributed by atoms with Crippen LogP contribution >= 0.6 is 0 Å². The molecule has 170 valence electrons. The second-order valence-corrected chi connectivity index (χ2v) is 7.12. The molecule has 0 unspecified atom stereocenters. The maximum absolute atomic E-state index is 12.5. The highest BCUT2D eigenvalue weighted by Gasteiger charge is 2.21. The van der Waals surface area contributed by atoms with E-state index in [1.54, 1.807) is 30.5 Å². The normalized spacial score (nSPS) is 10.8. The number of carbonyl (C=O) groups is 1. The first kappa shape index (κ1) is 24.4. The number of benzene rings is 2. The minimum absolute atomic E-state index is 0.196. The molecule has 0 heterocycles. The number of hydrogen-bond acceptors (Lipinski definition) is 8. The molecule has 0 bridgehead atoms. The summed E-state index contributed by atoms with van der Waals surface area (Å²) >= 11 is 0. The Morgan fingerprint density at radius 1 is 1.00 bits per heavy atom. The van der Waals surface area contributed by atoms with E-state index in [1.807, 2.05) is 5.01 Å². The third-order valence-corrected chi connectivity index (χ3v) is 4.54. The molecule has 0 atom stereocenters. The lowest BCUT2D eigenvalue weighted by molar-refractivity contribution is -0.394. The summed E-state index contributed by atoms with van der Waals surface area (Å²) in [5.74, 6) is -0.736. The molecule has 0 amide bonds. The molecule has 0 radical (unpaired) electrons. The Labute approximate surface area is 185 Å². The van der Waals surface area contributed by atoms with Gasteiger partial charge in [-0.25, -0.2) is 4.79 Å². The lowest BCUT2D eigenvalue weighted by Crippen LogP contribution is -2.20. The molecule has 2 aromatic rings. The number of esters is 1. The number of non-ortho nitro benzene ring substituents is 2. The summed E-state index contributed by atoms with van der Waals surface area (Å²) in [5.41, 5.74) is -0.703. The van der Waals surface area contributed by atoms with Gasteiger partial charge in [-0.1, -0.05) is 38.8 Å². The number of carbonyl (C=O) groups excluding carboxylic acids is 1. The standard InChI is InChI=1S/C22H26N4O6/c1-3-5-10-24(11-6-4-2)23-16-17-8-7-9-21(12-17)32-22(27)18-13-19(25(28)29)15-20(14-18)26(30)31/h7-9,12-16H,3-6,10-11H2,1-2H3. The third kappa shape index (κ3) is 7.46. The van der Waals surface area contributed by atoms with Gasteiger partial charge in [0.15, 0.2) is 0 Å². The molecule has 0 aromatic heterocycles. The van der Waals surface area contributed by atoms with Crippen LogP contribution < -0.4 is 4.74 Å². The van der Waals surface area contributed by atoms with Gasteiger partial charge < -0.3 is 4.74 Å². The second-order valence-electron chi connectivity index (χ2n) is 7.12. The lowest BCUT2D eigenvalue weighted by atomic mass is 10.1. The average Bonchev–Trinajstić information content (AvgIpc) is 2.78. The van der Waals surface area contributed by atoms with Crippen molar-refractivity contribution in [3.8, 4) is 5.75 Å². The predicted octanol–water partition coefficient (Wildman–Crippen LogP) is 4.96. The Morgan fingerprint density at radius 2 is 1.59 bits per heavy atom. The molecule has 2 rings (SSSR count). The van der Waals surface area contributed by atoms with E-state index in [9.17, 15) is 25.0 Å².